The maximum atomic E-state index is 8.67. The number of hydrogen-bond acceptors (Lipinski definition) is 5. The zero-order valence-corrected chi connectivity index (χ0v) is 11.7. The predicted octanol–water partition coefficient (Wildman–Crippen LogP) is 2.17. The molecule has 0 heterocycles. The van der Waals surface area contributed by atoms with Crippen LogP contribution in [0.1, 0.15) is 13.8 Å². The fourth-order valence-electron chi connectivity index (χ4n) is 1.09. The normalized spacial score (nSPS) is 9.79. The third-order valence-corrected chi connectivity index (χ3v) is 2.03. The second-order valence-corrected chi connectivity index (χ2v) is 3.49. The number of benzene rings is 1. The fraction of sp³-hybridized carbons (Fsp3) is 0.571. The lowest BCUT2D eigenvalue weighted by atomic mass is 10.3. The lowest BCUT2D eigenvalue weighted by Gasteiger charge is -2.03. The molecule has 0 radical (unpaired) electrons. The lowest BCUT2D eigenvalue weighted by Crippen LogP contribution is -2.08. The van der Waals surface area contributed by atoms with Gasteiger partial charge in [-0.05, 0) is 26.0 Å². The maximum absolute atomic E-state index is 8.67. The monoisotopic (exact) mass is 272 g/mol. The summed E-state index contributed by atoms with van der Waals surface area (Å²) < 4.78 is 15.3. The minimum Gasteiger partial charge on any atom is -0.504 e. The Labute approximate surface area is 114 Å². The van der Waals surface area contributed by atoms with Crippen LogP contribution in [0.5, 0.6) is 11.5 Å². The minimum atomic E-state index is -0.0764. The molecule has 0 aliphatic carbocycles. The molecule has 0 saturated carbocycles. The van der Waals surface area contributed by atoms with E-state index < -0.39 is 0 Å². The van der Waals surface area contributed by atoms with Gasteiger partial charge in [-0.15, -0.1) is 0 Å². The van der Waals surface area contributed by atoms with Crippen LogP contribution in [-0.2, 0) is 14.2 Å². The highest BCUT2D eigenvalue weighted by atomic mass is 16.5. The quantitative estimate of drug-likeness (QED) is 0.561. The summed E-state index contributed by atoms with van der Waals surface area (Å²) in [5.74, 6) is -0.153. The Kier molecular flexibility index (Phi) is 12.2. The molecule has 0 aliphatic heterocycles. The van der Waals surface area contributed by atoms with Crippen LogP contribution in [0, 0.1) is 0 Å². The second kappa shape index (κ2) is 13.1. The van der Waals surface area contributed by atoms with Crippen LogP contribution >= 0.6 is 0 Å². The van der Waals surface area contributed by atoms with Crippen molar-refractivity contribution < 1.29 is 24.4 Å². The molecule has 0 spiro atoms. The molecule has 0 aliphatic rings. The largest absolute Gasteiger partial charge is 0.504 e. The topological polar surface area (TPSA) is 68.2 Å². The summed E-state index contributed by atoms with van der Waals surface area (Å²) >= 11 is 0. The molecule has 0 amide bonds. The van der Waals surface area contributed by atoms with Crippen LogP contribution in [0.15, 0.2) is 24.3 Å². The molecule has 0 bridgehead atoms. The standard InChI is InChI=1S/C8H18O3.C6H6O2/c1-3-9-5-7-11-8-6-10-4-2;7-5-3-1-2-4-6(5)8/h3-8H2,1-2H3;1-4,7-8H. The number of rotatable bonds is 8. The zero-order valence-electron chi connectivity index (χ0n) is 11.7. The second-order valence-electron chi connectivity index (χ2n) is 3.49. The van der Waals surface area contributed by atoms with E-state index in [1.165, 1.54) is 12.1 Å². The first-order valence-corrected chi connectivity index (χ1v) is 6.42. The van der Waals surface area contributed by atoms with Crippen molar-refractivity contribution in [3.05, 3.63) is 24.3 Å². The molecule has 19 heavy (non-hydrogen) atoms. The van der Waals surface area contributed by atoms with Gasteiger partial charge in [-0.3, -0.25) is 0 Å². The molecule has 2 N–H and O–H groups in total. The highest BCUT2D eigenvalue weighted by Crippen LogP contribution is 2.21. The highest BCUT2D eigenvalue weighted by Gasteiger charge is 1.90. The van der Waals surface area contributed by atoms with Gasteiger partial charge >= 0.3 is 0 Å². The van der Waals surface area contributed by atoms with Gasteiger partial charge in [0.25, 0.3) is 0 Å². The van der Waals surface area contributed by atoms with Crippen molar-refractivity contribution in [2.24, 2.45) is 0 Å². The fourth-order valence-corrected chi connectivity index (χ4v) is 1.09. The summed E-state index contributed by atoms with van der Waals surface area (Å²) in [5, 5.41) is 17.3. The molecule has 1 aromatic carbocycles. The third-order valence-electron chi connectivity index (χ3n) is 2.03. The summed E-state index contributed by atoms with van der Waals surface area (Å²) in [6.45, 7) is 8.16. The first kappa shape index (κ1) is 17.7. The molecule has 0 saturated heterocycles. The summed E-state index contributed by atoms with van der Waals surface area (Å²) in [4.78, 5) is 0. The number of para-hydroxylation sites is 2. The van der Waals surface area contributed by atoms with Crippen LogP contribution in [-0.4, -0.2) is 49.9 Å². The van der Waals surface area contributed by atoms with Crippen LogP contribution in [0.3, 0.4) is 0 Å². The van der Waals surface area contributed by atoms with E-state index in [2.05, 4.69) is 0 Å². The first-order valence-electron chi connectivity index (χ1n) is 6.42. The Bertz CT molecular complexity index is 275. The molecule has 1 rings (SSSR count). The van der Waals surface area contributed by atoms with Crippen molar-refractivity contribution in [1.82, 2.24) is 0 Å². The SMILES string of the molecule is CCOCCOCCOCC.Oc1ccccc1O. The van der Waals surface area contributed by atoms with E-state index in [0.29, 0.717) is 26.4 Å². The molecule has 5 nitrogen and oxygen atoms in total. The summed E-state index contributed by atoms with van der Waals surface area (Å²) in [6.07, 6.45) is 0. The Hall–Kier alpha value is -1.30. The van der Waals surface area contributed by atoms with Crippen molar-refractivity contribution in [3.63, 3.8) is 0 Å². The average Bonchev–Trinajstić information content (AvgIpc) is 2.42. The lowest BCUT2D eigenvalue weighted by molar-refractivity contribution is 0.0195. The molecule has 0 fully saturated rings. The maximum Gasteiger partial charge on any atom is 0.157 e. The van der Waals surface area contributed by atoms with Gasteiger partial charge in [0, 0.05) is 13.2 Å². The average molecular weight is 272 g/mol. The van der Waals surface area contributed by atoms with Gasteiger partial charge in [-0.25, -0.2) is 0 Å². The van der Waals surface area contributed by atoms with E-state index in [4.69, 9.17) is 24.4 Å². The van der Waals surface area contributed by atoms with Crippen LogP contribution in [0.25, 0.3) is 0 Å². The highest BCUT2D eigenvalue weighted by molar-refractivity contribution is 5.36. The Morgan fingerprint density at radius 2 is 1.11 bits per heavy atom. The smallest absolute Gasteiger partial charge is 0.157 e. The van der Waals surface area contributed by atoms with Gasteiger partial charge in [0.15, 0.2) is 11.5 Å². The first-order chi connectivity index (χ1) is 9.22. The van der Waals surface area contributed by atoms with Crippen molar-refractivity contribution in [3.8, 4) is 11.5 Å². The van der Waals surface area contributed by atoms with E-state index >= 15 is 0 Å². The van der Waals surface area contributed by atoms with Gasteiger partial charge < -0.3 is 24.4 Å². The van der Waals surface area contributed by atoms with Crippen LogP contribution in [0.2, 0.25) is 0 Å². The van der Waals surface area contributed by atoms with E-state index in [1.54, 1.807) is 12.1 Å². The number of hydrogen-bond donors (Lipinski definition) is 2. The van der Waals surface area contributed by atoms with Crippen molar-refractivity contribution >= 4 is 0 Å². The molecule has 1 aromatic rings. The van der Waals surface area contributed by atoms with Gasteiger partial charge in [-0.2, -0.15) is 0 Å². The zero-order chi connectivity index (χ0) is 14.3. The summed E-state index contributed by atoms with van der Waals surface area (Å²) in [7, 11) is 0. The molecule has 0 atom stereocenters. The number of ether oxygens (including phenoxy) is 3. The summed E-state index contributed by atoms with van der Waals surface area (Å²) in [6, 6.07) is 6.15. The molecule has 5 heteroatoms. The molecule has 0 aromatic heterocycles. The predicted molar refractivity (Wildman–Crippen MR) is 73.6 cm³/mol. The number of phenols is 2. The molecule has 110 valence electrons. The van der Waals surface area contributed by atoms with Crippen molar-refractivity contribution in [2.45, 2.75) is 13.8 Å². The van der Waals surface area contributed by atoms with Gasteiger partial charge in [0.2, 0.25) is 0 Å². The molecule has 0 unspecified atom stereocenters. The van der Waals surface area contributed by atoms with Crippen LogP contribution < -0.4 is 0 Å². The number of phenolic OH excluding ortho intramolecular Hbond substituents is 2. The van der Waals surface area contributed by atoms with E-state index in [1.807, 2.05) is 13.8 Å². The van der Waals surface area contributed by atoms with E-state index in [0.717, 1.165) is 13.2 Å². The minimum absolute atomic E-state index is 0.0764. The molecular weight excluding hydrogens is 248 g/mol. The Morgan fingerprint density at radius 1 is 0.737 bits per heavy atom. The Balaban J connectivity index is 0.000000356. The van der Waals surface area contributed by atoms with Gasteiger partial charge in [0.1, 0.15) is 0 Å². The number of aromatic hydroxyl groups is 2. The van der Waals surface area contributed by atoms with Crippen molar-refractivity contribution in [1.29, 1.82) is 0 Å². The van der Waals surface area contributed by atoms with E-state index in [-0.39, 0.29) is 11.5 Å². The molecular formula is C14H24O5. The summed E-state index contributed by atoms with van der Waals surface area (Å²) in [5.41, 5.74) is 0. The Morgan fingerprint density at radius 3 is 1.42 bits per heavy atom. The van der Waals surface area contributed by atoms with Gasteiger partial charge in [-0.1, -0.05) is 12.1 Å². The third kappa shape index (κ3) is 11.5. The van der Waals surface area contributed by atoms with Gasteiger partial charge in [0.05, 0.1) is 26.4 Å². The van der Waals surface area contributed by atoms with Crippen molar-refractivity contribution in [2.75, 3.05) is 39.6 Å². The van der Waals surface area contributed by atoms with Crippen LogP contribution in [0.4, 0.5) is 0 Å². The van der Waals surface area contributed by atoms with E-state index in [9.17, 15) is 0 Å².